The maximum absolute atomic E-state index is 12.2. The van der Waals surface area contributed by atoms with Crippen molar-refractivity contribution < 1.29 is 14.3 Å². The predicted octanol–water partition coefficient (Wildman–Crippen LogP) is 4.28. The number of carbonyl (C=O) groups is 2. The van der Waals surface area contributed by atoms with E-state index in [4.69, 9.17) is 10.00 Å². The van der Waals surface area contributed by atoms with Crippen molar-refractivity contribution in [1.29, 1.82) is 5.26 Å². The lowest BCUT2D eigenvalue weighted by molar-refractivity contribution is -0.125. The minimum absolute atomic E-state index is 0.132. The number of carbonyl (C=O) groups excluding carboxylic acids is 2. The molecule has 0 atom stereocenters. The van der Waals surface area contributed by atoms with Gasteiger partial charge in [-0.05, 0) is 67.3 Å². The van der Waals surface area contributed by atoms with Crippen molar-refractivity contribution in [1.82, 2.24) is 5.32 Å². The van der Waals surface area contributed by atoms with E-state index in [1.807, 2.05) is 57.2 Å². The number of anilines is 1. The summed E-state index contributed by atoms with van der Waals surface area (Å²) in [6.07, 6.45) is 0. The Hall–Kier alpha value is -4.11. The van der Waals surface area contributed by atoms with Crippen LogP contribution in [0.3, 0.4) is 0 Å². The van der Waals surface area contributed by atoms with Crippen molar-refractivity contribution in [3.8, 4) is 22.9 Å². The average Bonchev–Trinajstić information content (AvgIpc) is 2.79. The Kier molecular flexibility index (Phi) is 7.25. The van der Waals surface area contributed by atoms with Crippen molar-refractivity contribution in [2.45, 2.75) is 20.8 Å². The summed E-state index contributed by atoms with van der Waals surface area (Å²) in [5.41, 5.74) is 6.44. The molecule has 6 heteroatoms. The maximum atomic E-state index is 12.2. The summed E-state index contributed by atoms with van der Waals surface area (Å²) in [5, 5.41) is 14.3. The molecule has 0 unspecified atom stereocenters. The van der Waals surface area contributed by atoms with Crippen LogP contribution in [0, 0.1) is 32.1 Å². The van der Waals surface area contributed by atoms with Gasteiger partial charge in [0.05, 0.1) is 18.2 Å². The number of hydrogen-bond donors (Lipinski definition) is 2. The molecule has 32 heavy (non-hydrogen) atoms. The van der Waals surface area contributed by atoms with E-state index in [1.54, 1.807) is 24.3 Å². The molecule has 2 N–H and O–H groups in total. The third kappa shape index (κ3) is 5.96. The van der Waals surface area contributed by atoms with Crippen LogP contribution in [0.15, 0.2) is 60.7 Å². The van der Waals surface area contributed by atoms with Crippen molar-refractivity contribution in [2.24, 2.45) is 0 Å². The molecule has 0 saturated heterocycles. The Balaban J connectivity index is 1.46. The van der Waals surface area contributed by atoms with E-state index in [0.29, 0.717) is 11.3 Å². The molecular formula is C26H25N3O3. The summed E-state index contributed by atoms with van der Waals surface area (Å²) in [4.78, 5) is 24.3. The van der Waals surface area contributed by atoms with Gasteiger partial charge in [0.1, 0.15) is 5.75 Å². The van der Waals surface area contributed by atoms with Crippen LogP contribution in [0.5, 0.6) is 5.75 Å². The molecule has 3 aromatic rings. The highest BCUT2D eigenvalue weighted by molar-refractivity contribution is 5.96. The van der Waals surface area contributed by atoms with Gasteiger partial charge in [-0.25, -0.2) is 0 Å². The maximum Gasteiger partial charge on any atom is 0.258 e. The van der Waals surface area contributed by atoms with Gasteiger partial charge < -0.3 is 15.4 Å². The van der Waals surface area contributed by atoms with E-state index in [2.05, 4.69) is 16.7 Å². The van der Waals surface area contributed by atoms with Gasteiger partial charge >= 0.3 is 0 Å². The monoisotopic (exact) mass is 427 g/mol. The van der Waals surface area contributed by atoms with Crippen LogP contribution in [-0.4, -0.2) is 25.0 Å². The Labute approximate surface area is 187 Å². The van der Waals surface area contributed by atoms with Crippen molar-refractivity contribution in [2.75, 3.05) is 18.5 Å². The quantitative estimate of drug-likeness (QED) is 0.589. The Morgan fingerprint density at radius 1 is 0.875 bits per heavy atom. The van der Waals surface area contributed by atoms with Crippen LogP contribution in [0.2, 0.25) is 0 Å². The van der Waals surface area contributed by atoms with Gasteiger partial charge in [-0.15, -0.1) is 0 Å². The largest absolute Gasteiger partial charge is 0.484 e. The smallest absolute Gasteiger partial charge is 0.258 e. The summed E-state index contributed by atoms with van der Waals surface area (Å²) < 4.78 is 5.51. The number of nitriles is 1. The first-order valence-electron chi connectivity index (χ1n) is 10.2. The lowest BCUT2D eigenvalue weighted by Crippen LogP contribution is -2.36. The molecule has 6 nitrogen and oxygen atoms in total. The van der Waals surface area contributed by atoms with Crippen molar-refractivity contribution >= 4 is 17.5 Å². The van der Waals surface area contributed by atoms with Crippen molar-refractivity contribution in [3.63, 3.8) is 0 Å². The predicted molar refractivity (Wildman–Crippen MR) is 124 cm³/mol. The normalized spacial score (nSPS) is 10.2. The Morgan fingerprint density at radius 3 is 2.00 bits per heavy atom. The zero-order valence-electron chi connectivity index (χ0n) is 18.4. The highest BCUT2D eigenvalue weighted by atomic mass is 16.5. The van der Waals surface area contributed by atoms with E-state index in [0.717, 1.165) is 33.5 Å². The van der Waals surface area contributed by atoms with Gasteiger partial charge in [0.2, 0.25) is 5.91 Å². The van der Waals surface area contributed by atoms with Gasteiger partial charge in [0, 0.05) is 5.69 Å². The fourth-order valence-electron chi connectivity index (χ4n) is 3.42. The summed E-state index contributed by atoms with van der Waals surface area (Å²) in [6.45, 7) is 5.56. The molecule has 0 aliphatic heterocycles. The van der Waals surface area contributed by atoms with Crippen LogP contribution in [0.4, 0.5) is 5.69 Å². The van der Waals surface area contributed by atoms with E-state index in [-0.39, 0.29) is 25.0 Å². The standard InChI is InChI=1S/C26H25N3O3/c1-17-12-18(2)26(19(3)13-17)29-24(30)15-28-25(31)16-32-23-10-8-22(9-11-23)21-6-4-20(14-27)5-7-21/h4-13H,15-16H2,1-3H3,(H,28,31)(H,29,30). The SMILES string of the molecule is Cc1cc(C)c(NC(=O)CNC(=O)COc2ccc(-c3ccc(C#N)cc3)cc2)c(C)c1. The number of benzene rings is 3. The average molecular weight is 428 g/mol. The lowest BCUT2D eigenvalue weighted by Gasteiger charge is -2.13. The van der Waals surface area contributed by atoms with E-state index >= 15 is 0 Å². The molecular weight excluding hydrogens is 402 g/mol. The summed E-state index contributed by atoms with van der Waals surface area (Å²) in [6, 6.07) is 20.7. The minimum Gasteiger partial charge on any atom is -0.484 e. The van der Waals surface area contributed by atoms with Gasteiger partial charge in [0.15, 0.2) is 6.61 Å². The molecule has 0 aliphatic rings. The Morgan fingerprint density at radius 2 is 1.44 bits per heavy atom. The molecule has 0 heterocycles. The summed E-state index contributed by atoms with van der Waals surface area (Å²) in [7, 11) is 0. The number of nitrogens with one attached hydrogen (secondary N) is 2. The second-order valence-electron chi connectivity index (χ2n) is 7.60. The third-order valence-electron chi connectivity index (χ3n) is 4.96. The van der Waals surface area contributed by atoms with Gasteiger partial charge in [-0.2, -0.15) is 5.26 Å². The molecule has 3 aromatic carbocycles. The topological polar surface area (TPSA) is 91.2 Å². The van der Waals surface area contributed by atoms with Crippen LogP contribution in [-0.2, 0) is 9.59 Å². The fraction of sp³-hybridized carbons (Fsp3) is 0.192. The van der Waals surface area contributed by atoms with E-state index in [9.17, 15) is 9.59 Å². The molecule has 0 saturated carbocycles. The fourth-order valence-corrected chi connectivity index (χ4v) is 3.42. The number of rotatable bonds is 7. The number of hydrogen-bond acceptors (Lipinski definition) is 4. The van der Waals surface area contributed by atoms with Crippen LogP contribution >= 0.6 is 0 Å². The molecule has 162 valence electrons. The molecule has 0 aliphatic carbocycles. The Bertz CT molecular complexity index is 1140. The molecule has 0 bridgehead atoms. The second kappa shape index (κ2) is 10.3. The molecule has 2 amide bonds. The van der Waals surface area contributed by atoms with Gasteiger partial charge in [-0.1, -0.05) is 42.0 Å². The third-order valence-corrected chi connectivity index (χ3v) is 4.96. The zero-order valence-corrected chi connectivity index (χ0v) is 18.4. The number of ether oxygens (including phenoxy) is 1. The van der Waals surface area contributed by atoms with Gasteiger partial charge in [-0.3, -0.25) is 9.59 Å². The van der Waals surface area contributed by atoms with E-state index in [1.165, 1.54) is 0 Å². The molecule has 0 spiro atoms. The summed E-state index contributed by atoms with van der Waals surface area (Å²) in [5.74, 6) is -0.123. The highest BCUT2D eigenvalue weighted by Gasteiger charge is 2.10. The van der Waals surface area contributed by atoms with Crippen LogP contribution in [0.25, 0.3) is 11.1 Å². The lowest BCUT2D eigenvalue weighted by atomic mass is 10.0. The first-order valence-corrected chi connectivity index (χ1v) is 10.2. The van der Waals surface area contributed by atoms with Gasteiger partial charge in [0.25, 0.3) is 5.91 Å². The first-order chi connectivity index (χ1) is 15.4. The number of aryl methyl sites for hydroxylation is 3. The van der Waals surface area contributed by atoms with Crippen LogP contribution in [0.1, 0.15) is 22.3 Å². The zero-order chi connectivity index (χ0) is 23.1. The minimum atomic E-state index is -0.381. The summed E-state index contributed by atoms with van der Waals surface area (Å²) >= 11 is 0. The van der Waals surface area contributed by atoms with Crippen molar-refractivity contribution in [3.05, 3.63) is 82.9 Å². The van der Waals surface area contributed by atoms with E-state index < -0.39 is 0 Å². The number of nitrogens with zero attached hydrogens (tertiary/aromatic N) is 1. The molecule has 3 rings (SSSR count). The van der Waals surface area contributed by atoms with Crippen LogP contribution < -0.4 is 15.4 Å². The molecule has 0 radical (unpaired) electrons. The molecule has 0 fully saturated rings. The highest BCUT2D eigenvalue weighted by Crippen LogP contribution is 2.23. The molecule has 0 aromatic heterocycles. The second-order valence-corrected chi connectivity index (χ2v) is 7.60. The number of amides is 2. The first kappa shape index (κ1) is 22.6.